The highest BCUT2D eigenvalue weighted by atomic mass is 32.2. The van der Waals surface area contributed by atoms with Gasteiger partial charge in [-0.3, -0.25) is 9.69 Å². The summed E-state index contributed by atoms with van der Waals surface area (Å²) < 4.78 is 0. The molecule has 5 nitrogen and oxygen atoms in total. The Kier molecular flexibility index (Phi) is 6.43. The van der Waals surface area contributed by atoms with Gasteiger partial charge >= 0.3 is 0 Å². The molecule has 0 aromatic carbocycles. The van der Waals surface area contributed by atoms with Gasteiger partial charge in [0, 0.05) is 56.7 Å². The van der Waals surface area contributed by atoms with Crippen LogP contribution in [0.5, 0.6) is 0 Å². The van der Waals surface area contributed by atoms with E-state index in [2.05, 4.69) is 10.2 Å². The van der Waals surface area contributed by atoms with Crippen LogP contribution in [0.4, 0.5) is 0 Å². The van der Waals surface area contributed by atoms with Crippen LogP contribution in [0, 0.1) is 0 Å². The lowest BCUT2D eigenvalue weighted by Gasteiger charge is -2.26. The molecule has 0 spiro atoms. The second kappa shape index (κ2) is 8.09. The van der Waals surface area contributed by atoms with Crippen molar-refractivity contribution in [1.82, 2.24) is 15.1 Å². The standard InChI is InChI=1S/C13H25N3O2S/c17-8-7-15-3-1-4-16(6-5-15)13(18)10-12-11-19-9-2-14-12/h12,14,17H,1-11H2. The number of aliphatic hydroxyl groups is 1. The summed E-state index contributed by atoms with van der Waals surface area (Å²) in [6.45, 7) is 5.49. The van der Waals surface area contributed by atoms with E-state index in [9.17, 15) is 4.79 Å². The second-order valence-corrected chi connectivity index (χ2v) is 6.38. The minimum absolute atomic E-state index is 0.206. The number of carbonyl (C=O) groups excluding carboxylic acids is 1. The average molecular weight is 287 g/mol. The molecule has 0 aliphatic carbocycles. The van der Waals surface area contributed by atoms with Gasteiger partial charge in [0.25, 0.3) is 0 Å². The summed E-state index contributed by atoms with van der Waals surface area (Å²) in [5.41, 5.74) is 0. The van der Waals surface area contributed by atoms with Crippen LogP contribution in [0.15, 0.2) is 0 Å². The number of nitrogens with one attached hydrogen (secondary N) is 1. The zero-order valence-electron chi connectivity index (χ0n) is 11.5. The molecular formula is C13H25N3O2S. The van der Waals surface area contributed by atoms with Gasteiger partial charge in [-0.1, -0.05) is 0 Å². The molecule has 6 heteroatoms. The van der Waals surface area contributed by atoms with E-state index in [1.807, 2.05) is 16.7 Å². The fourth-order valence-corrected chi connectivity index (χ4v) is 3.63. The van der Waals surface area contributed by atoms with Gasteiger partial charge in [0.15, 0.2) is 0 Å². The van der Waals surface area contributed by atoms with Crippen molar-refractivity contribution in [3.8, 4) is 0 Å². The number of thioether (sulfide) groups is 1. The first-order chi connectivity index (χ1) is 9.29. The van der Waals surface area contributed by atoms with Gasteiger partial charge in [0.1, 0.15) is 0 Å². The molecule has 0 saturated carbocycles. The molecule has 1 unspecified atom stereocenters. The summed E-state index contributed by atoms with van der Waals surface area (Å²) in [5.74, 6) is 2.49. The van der Waals surface area contributed by atoms with E-state index < -0.39 is 0 Å². The third kappa shape index (κ3) is 4.95. The molecule has 110 valence electrons. The third-order valence-corrected chi connectivity index (χ3v) is 4.91. The average Bonchev–Trinajstić information content (AvgIpc) is 2.66. The lowest BCUT2D eigenvalue weighted by Crippen LogP contribution is -2.43. The van der Waals surface area contributed by atoms with Crippen LogP contribution in [-0.4, -0.2) is 84.2 Å². The molecule has 0 aromatic rings. The van der Waals surface area contributed by atoms with Crippen LogP contribution >= 0.6 is 11.8 Å². The van der Waals surface area contributed by atoms with Crippen molar-refractivity contribution >= 4 is 17.7 Å². The van der Waals surface area contributed by atoms with Crippen molar-refractivity contribution in [2.75, 3.05) is 57.4 Å². The fourth-order valence-electron chi connectivity index (χ4n) is 2.68. The molecule has 2 aliphatic rings. The first-order valence-corrected chi connectivity index (χ1v) is 8.37. The highest BCUT2D eigenvalue weighted by molar-refractivity contribution is 7.99. The van der Waals surface area contributed by atoms with E-state index >= 15 is 0 Å². The van der Waals surface area contributed by atoms with Crippen LogP contribution in [0.25, 0.3) is 0 Å². The lowest BCUT2D eigenvalue weighted by molar-refractivity contribution is -0.131. The minimum Gasteiger partial charge on any atom is -0.395 e. The van der Waals surface area contributed by atoms with Crippen molar-refractivity contribution in [2.45, 2.75) is 18.9 Å². The number of hydrogen-bond acceptors (Lipinski definition) is 5. The Hall–Kier alpha value is -0.300. The maximum atomic E-state index is 12.3. The van der Waals surface area contributed by atoms with E-state index in [0.717, 1.165) is 57.2 Å². The topological polar surface area (TPSA) is 55.8 Å². The van der Waals surface area contributed by atoms with Crippen molar-refractivity contribution in [1.29, 1.82) is 0 Å². The number of β-amino-alcohol motifs (C(OH)–C–C–N with tert-alkyl or cyclic N) is 1. The molecule has 2 heterocycles. The summed E-state index contributed by atoms with van der Waals surface area (Å²) in [6, 6.07) is 0.350. The van der Waals surface area contributed by atoms with Crippen LogP contribution < -0.4 is 5.32 Å². The monoisotopic (exact) mass is 287 g/mol. The van der Waals surface area contributed by atoms with E-state index in [0.29, 0.717) is 12.5 Å². The lowest BCUT2D eigenvalue weighted by atomic mass is 10.2. The molecule has 2 saturated heterocycles. The van der Waals surface area contributed by atoms with Gasteiger partial charge in [-0.15, -0.1) is 0 Å². The maximum absolute atomic E-state index is 12.3. The Labute approximate surface area is 119 Å². The van der Waals surface area contributed by atoms with Crippen LogP contribution in [0.1, 0.15) is 12.8 Å². The van der Waals surface area contributed by atoms with Crippen molar-refractivity contribution in [2.24, 2.45) is 0 Å². The quantitative estimate of drug-likeness (QED) is 0.737. The number of hydrogen-bond donors (Lipinski definition) is 2. The second-order valence-electron chi connectivity index (χ2n) is 5.23. The first kappa shape index (κ1) is 15.1. The molecule has 2 aliphatic heterocycles. The summed E-state index contributed by atoms with van der Waals surface area (Å²) in [4.78, 5) is 16.5. The first-order valence-electron chi connectivity index (χ1n) is 7.21. The molecular weight excluding hydrogens is 262 g/mol. The minimum atomic E-state index is 0.206. The predicted molar refractivity (Wildman–Crippen MR) is 78.5 cm³/mol. The predicted octanol–water partition coefficient (Wildman–Crippen LogP) is -0.392. The van der Waals surface area contributed by atoms with Crippen LogP contribution in [0.2, 0.25) is 0 Å². The molecule has 2 fully saturated rings. The molecule has 1 atom stereocenters. The normalized spacial score (nSPS) is 26.2. The number of amides is 1. The van der Waals surface area contributed by atoms with Crippen molar-refractivity contribution < 1.29 is 9.90 Å². The summed E-state index contributed by atoms with van der Waals surface area (Å²) in [5, 5.41) is 12.4. The smallest absolute Gasteiger partial charge is 0.224 e. The summed E-state index contributed by atoms with van der Waals surface area (Å²) in [7, 11) is 0. The molecule has 0 radical (unpaired) electrons. The Morgan fingerprint density at radius 3 is 2.95 bits per heavy atom. The summed E-state index contributed by atoms with van der Waals surface area (Å²) in [6.07, 6.45) is 1.64. The zero-order chi connectivity index (χ0) is 13.5. The van der Waals surface area contributed by atoms with E-state index in [-0.39, 0.29) is 12.5 Å². The van der Waals surface area contributed by atoms with Gasteiger partial charge in [-0.25, -0.2) is 0 Å². The van der Waals surface area contributed by atoms with Gasteiger partial charge in [-0.2, -0.15) is 11.8 Å². The molecule has 0 aromatic heterocycles. The number of rotatable bonds is 4. The van der Waals surface area contributed by atoms with Crippen molar-refractivity contribution in [3.05, 3.63) is 0 Å². The largest absolute Gasteiger partial charge is 0.395 e. The van der Waals surface area contributed by atoms with E-state index in [1.54, 1.807) is 0 Å². The molecule has 2 rings (SSSR count). The van der Waals surface area contributed by atoms with E-state index in [4.69, 9.17) is 5.11 Å². The van der Waals surface area contributed by atoms with Gasteiger partial charge in [0.2, 0.25) is 5.91 Å². The third-order valence-electron chi connectivity index (χ3n) is 3.78. The van der Waals surface area contributed by atoms with Gasteiger partial charge in [0.05, 0.1) is 6.61 Å². The molecule has 19 heavy (non-hydrogen) atoms. The van der Waals surface area contributed by atoms with Crippen molar-refractivity contribution in [3.63, 3.8) is 0 Å². The molecule has 0 bridgehead atoms. The zero-order valence-corrected chi connectivity index (χ0v) is 12.3. The number of aliphatic hydroxyl groups excluding tert-OH is 1. The van der Waals surface area contributed by atoms with Gasteiger partial charge < -0.3 is 15.3 Å². The number of nitrogens with zero attached hydrogens (tertiary/aromatic N) is 2. The Bertz CT molecular complexity index is 285. The highest BCUT2D eigenvalue weighted by Crippen LogP contribution is 2.12. The highest BCUT2D eigenvalue weighted by Gasteiger charge is 2.22. The van der Waals surface area contributed by atoms with E-state index in [1.165, 1.54) is 0 Å². The van der Waals surface area contributed by atoms with Crippen LogP contribution in [0.3, 0.4) is 0 Å². The van der Waals surface area contributed by atoms with Crippen LogP contribution in [-0.2, 0) is 4.79 Å². The fraction of sp³-hybridized carbons (Fsp3) is 0.923. The Morgan fingerprint density at radius 2 is 2.21 bits per heavy atom. The molecule has 1 amide bonds. The molecule has 2 N–H and O–H groups in total. The number of carbonyl (C=O) groups is 1. The van der Waals surface area contributed by atoms with Gasteiger partial charge in [-0.05, 0) is 13.0 Å². The Balaban J connectivity index is 1.75. The summed E-state index contributed by atoms with van der Waals surface area (Å²) >= 11 is 1.93. The maximum Gasteiger partial charge on any atom is 0.224 e. The SMILES string of the molecule is O=C(CC1CSCCN1)N1CCCN(CCO)CC1. The Morgan fingerprint density at radius 1 is 1.32 bits per heavy atom.